The predicted molar refractivity (Wildman–Crippen MR) is 42.4 cm³/mol. The topological polar surface area (TPSA) is 20.2 Å². The lowest BCUT2D eigenvalue weighted by molar-refractivity contribution is -0.210. The van der Waals surface area contributed by atoms with E-state index in [0.717, 1.165) is 0 Å². The fourth-order valence-electron chi connectivity index (χ4n) is 1.23. The maximum absolute atomic E-state index is 13.0. The summed E-state index contributed by atoms with van der Waals surface area (Å²) >= 11 is 0. The molecule has 1 N–H and O–H groups in total. The maximum atomic E-state index is 13.0. The molecule has 0 spiro atoms. The molecule has 1 aromatic rings. The van der Waals surface area contributed by atoms with Crippen molar-refractivity contribution in [2.24, 2.45) is 0 Å². The van der Waals surface area contributed by atoms with Gasteiger partial charge < -0.3 is 5.11 Å². The second kappa shape index (κ2) is 4.17. The van der Waals surface area contributed by atoms with E-state index in [1.807, 2.05) is 0 Å². The SMILES string of the molecule is OC(c1c(F)cccc1C(F)(F)F)C(F)(F)F. The molecule has 1 aromatic carbocycles. The number of benzene rings is 1. The van der Waals surface area contributed by atoms with Crippen molar-refractivity contribution in [2.75, 3.05) is 0 Å². The zero-order chi connectivity index (χ0) is 13.4. The van der Waals surface area contributed by atoms with Gasteiger partial charge in [0.05, 0.1) is 5.56 Å². The highest BCUT2D eigenvalue weighted by molar-refractivity contribution is 5.33. The summed E-state index contributed by atoms with van der Waals surface area (Å²) in [6.07, 6.45) is -14.1. The van der Waals surface area contributed by atoms with Crippen molar-refractivity contribution in [3.05, 3.63) is 35.1 Å². The molecule has 1 atom stereocenters. The molecular weight excluding hydrogens is 257 g/mol. The monoisotopic (exact) mass is 262 g/mol. The second-order valence-corrected chi connectivity index (χ2v) is 3.14. The average Bonchev–Trinajstić information content (AvgIpc) is 2.13. The molecule has 17 heavy (non-hydrogen) atoms. The van der Waals surface area contributed by atoms with Gasteiger partial charge in [0.1, 0.15) is 5.82 Å². The summed E-state index contributed by atoms with van der Waals surface area (Å²) in [5.41, 5.74) is -3.66. The number of aliphatic hydroxyl groups excluding tert-OH is 1. The van der Waals surface area contributed by atoms with Gasteiger partial charge in [0.25, 0.3) is 0 Å². The highest BCUT2D eigenvalue weighted by Crippen LogP contribution is 2.41. The Morgan fingerprint density at radius 1 is 1.00 bits per heavy atom. The van der Waals surface area contributed by atoms with E-state index in [1.54, 1.807) is 0 Å². The lowest BCUT2D eigenvalue weighted by Crippen LogP contribution is -2.25. The standard InChI is InChI=1S/C9H5F7O/c10-5-3-1-2-4(8(11,12)13)6(5)7(17)9(14,15)16/h1-3,7,17H. The van der Waals surface area contributed by atoms with Gasteiger partial charge >= 0.3 is 12.4 Å². The van der Waals surface area contributed by atoms with Crippen LogP contribution < -0.4 is 0 Å². The van der Waals surface area contributed by atoms with Crippen LogP contribution >= 0.6 is 0 Å². The molecule has 1 nitrogen and oxygen atoms in total. The molecule has 0 aliphatic carbocycles. The molecule has 0 saturated carbocycles. The molecule has 0 heterocycles. The number of aliphatic hydroxyl groups is 1. The van der Waals surface area contributed by atoms with Crippen molar-refractivity contribution in [3.8, 4) is 0 Å². The summed E-state index contributed by atoms with van der Waals surface area (Å²) in [5.74, 6) is -1.76. The summed E-state index contributed by atoms with van der Waals surface area (Å²) < 4.78 is 86.3. The summed E-state index contributed by atoms with van der Waals surface area (Å²) in [5, 5.41) is 8.72. The van der Waals surface area contributed by atoms with Gasteiger partial charge in [-0.15, -0.1) is 0 Å². The van der Waals surface area contributed by atoms with Gasteiger partial charge in [0.2, 0.25) is 0 Å². The first-order chi connectivity index (χ1) is 7.55. The van der Waals surface area contributed by atoms with Crippen LogP contribution in [0.5, 0.6) is 0 Å². The van der Waals surface area contributed by atoms with Crippen LogP contribution in [0.15, 0.2) is 18.2 Å². The minimum atomic E-state index is -5.37. The number of rotatable bonds is 1. The number of hydrogen-bond donors (Lipinski definition) is 1. The average molecular weight is 262 g/mol. The van der Waals surface area contributed by atoms with E-state index < -0.39 is 35.4 Å². The Balaban J connectivity index is 3.41. The third kappa shape index (κ3) is 2.87. The lowest BCUT2D eigenvalue weighted by atomic mass is 10.0. The largest absolute Gasteiger partial charge is 0.418 e. The van der Waals surface area contributed by atoms with Crippen LogP contribution in [-0.2, 0) is 6.18 Å². The zero-order valence-electron chi connectivity index (χ0n) is 7.90. The third-order valence-electron chi connectivity index (χ3n) is 1.94. The number of halogens is 7. The lowest BCUT2D eigenvalue weighted by Gasteiger charge is -2.20. The van der Waals surface area contributed by atoms with Crippen LogP contribution in [0.1, 0.15) is 17.2 Å². The Bertz CT molecular complexity index is 407. The second-order valence-electron chi connectivity index (χ2n) is 3.14. The van der Waals surface area contributed by atoms with Gasteiger partial charge in [-0.2, -0.15) is 26.3 Å². The third-order valence-corrected chi connectivity index (χ3v) is 1.94. The smallest absolute Gasteiger partial charge is 0.379 e. The number of alkyl halides is 6. The maximum Gasteiger partial charge on any atom is 0.418 e. The van der Waals surface area contributed by atoms with Gasteiger partial charge in [-0.25, -0.2) is 4.39 Å². The van der Waals surface area contributed by atoms with Crippen LogP contribution in [-0.4, -0.2) is 11.3 Å². The Labute approximate surface area is 90.5 Å². The van der Waals surface area contributed by atoms with Gasteiger partial charge in [-0.3, -0.25) is 0 Å². The first kappa shape index (κ1) is 13.8. The number of hydrogen-bond acceptors (Lipinski definition) is 1. The molecule has 0 saturated heterocycles. The first-order valence-corrected chi connectivity index (χ1v) is 4.15. The molecule has 0 aromatic heterocycles. The van der Waals surface area contributed by atoms with Crippen molar-refractivity contribution in [2.45, 2.75) is 18.5 Å². The quantitative estimate of drug-likeness (QED) is 0.768. The zero-order valence-corrected chi connectivity index (χ0v) is 7.90. The van der Waals surface area contributed by atoms with E-state index in [4.69, 9.17) is 5.11 Å². The van der Waals surface area contributed by atoms with Crippen molar-refractivity contribution >= 4 is 0 Å². The molecule has 0 bridgehead atoms. The molecule has 0 radical (unpaired) electrons. The van der Waals surface area contributed by atoms with Crippen LogP contribution in [0.25, 0.3) is 0 Å². The van der Waals surface area contributed by atoms with Crippen LogP contribution in [0.2, 0.25) is 0 Å². The molecule has 0 amide bonds. The Kier molecular flexibility index (Phi) is 3.37. The van der Waals surface area contributed by atoms with Crippen molar-refractivity contribution < 1.29 is 35.8 Å². The van der Waals surface area contributed by atoms with E-state index in [-0.39, 0.29) is 6.07 Å². The minimum absolute atomic E-state index is 0.271. The van der Waals surface area contributed by atoms with E-state index >= 15 is 0 Å². The molecule has 0 aliphatic rings. The van der Waals surface area contributed by atoms with E-state index in [0.29, 0.717) is 12.1 Å². The molecule has 96 valence electrons. The van der Waals surface area contributed by atoms with Crippen LogP contribution in [0.4, 0.5) is 30.7 Å². The molecule has 0 aliphatic heterocycles. The van der Waals surface area contributed by atoms with Gasteiger partial charge in [-0.05, 0) is 12.1 Å². The fourth-order valence-corrected chi connectivity index (χ4v) is 1.23. The summed E-state index contributed by atoms with van der Waals surface area (Å²) in [6, 6.07) is 1.30. The van der Waals surface area contributed by atoms with Crippen molar-refractivity contribution in [1.29, 1.82) is 0 Å². The van der Waals surface area contributed by atoms with Crippen molar-refractivity contribution in [3.63, 3.8) is 0 Å². The highest BCUT2D eigenvalue weighted by atomic mass is 19.4. The van der Waals surface area contributed by atoms with Crippen LogP contribution in [0, 0.1) is 5.82 Å². The Morgan fingerprint density at radius 3 is 1.94 bits per heavy atom. The van der Waals surface area contributed by atoms with E-state index in [9.17, 15) is 30.7 Å². The van der Waals surface area contributed by atoms with Crippen molar-refractivity contribution in [1.82, 2.24) is 0 Å². The first-order valence-electron chi connectivity index (χ1n) is 4.15. The summed E-state index contributed by atoms with van der Waals surface area (Å²) in [7, 11) is 0. The van der Waals surface area contributed by atoms with E-state index in [1.165, 1.54) is 0 Å². The summed E-state index contributed by atoms with van der Waals surface area (Å²) in [4.78, 5) is 0. The Hall–Kier alpha value is -1.31. The Morgan fingerprint density at radius 2 is 1.53 bits per heavy atom. The normalized spacial score (nSPS) is 14.8. The predicted octanol–water partition coefficient (Wildman–Crippen LogP) is 3.44. The summed E-state index contributed by atoms with van der Waals surface area (Å²) in [6.45, 7) is 0. The van der Waals surface area contributed by atoms with Crippen LogP contribution in [0.3, 0.4) is 0 Å². The fraction of sp³-hybridized carbons (Fsp3) is 0.333. The van der Waals surface area contributed by atoms with Gasteiger partial charge in [0, 0.05) is 5.56 Å². The molecule has 1 unspecified atom stereocenters. The molecule has 0 fully saturated rings. The molecule has 1 rings (SSSR count). The molecule has 8 heteroatoms. The molecular formula is C9H5F7O. The highest BCUT2D eigenvalue weighted by Gasteiger charge is 2.46. The van der Waals surface area contributed by atoms with Gasteiger partial charge in [0.15, 0.2) is 6.10 Å². The van der Waals surface area contributed by atoms with Gasteiger partial charge in [-0.1, -0.05) is 6.07 Å². The van der Waals surface area contributed by atoms with E-state index in [2.05, 4.69) is 0 Å². The minimum Gasteiger partial charge on any atom is -0.379 e.